The molecule has 0 saturated heterocycles. The summed E-state index contributed by atoms with van der Waals surface area (Å²) in [6.45, 7) is 5.75. The lowest BCUT2D eigenvalue weighted by molar-refractivity contribution is 0.0632. The van der Waals surface area contributed by atoms with Gasteiger partial charge in [-0.1, -0.05) is 12.1 Å². The van der Waals surface area contributed by atoms with E-state index in [0.29, 0.717) is 6.54 Å². The maximum Gasteiger partial charge on any atom is 0.315 e. The molecular formula is C11H16N2O2S. The Hall–Kier alpha value is -1.33. The summed E-state index contributed by atoms with van der Waals surface area (Å²) in [7, 11) is 0. The normalized spacial score (nSPS) is 13.9. The van der Waals surface area contributed by atoms with E-state index in [1.54, 1.807) is 13.0 Å². The molecule has 1 atom stereocenters. The molecule has 0 aromatic carbocycles. The first-order valence-electron chi connectivity index (χ1n) is 4.95. The second kappa shape index (κ2) is 5.67. The van der Waals surface area contributed by atoms with Crippen molar-refractivity contribution in [1.82, 2.24) is 10.6 Å². The summed E-state index contributed by atoms with van der Waals surface area (Å²) >= 11 is 1.46. The Morgan fingerprint density at radius 2 is 2.44 bits per heavy atom. The standard InChI is InChI=1S/C11H16N2O2S/c1-3-6-12-10(14)13-8-11(2,15)9-5-4-7-16-9/h3-5,7,15H,1,6,8H2,2H3,(H2,12,13,14). The predicted octanol–water partition coefficient (Wildman–Crippen LogP) is 1.44. The number of carbonyl (C=O) groups excluding carboxylic acids is 1. The second-order valence-corrected chi connectivity index (χ2v) is 4.55. The Morgan fingerprint density at radius 3 is 3.00 bits per heavy atom. The van der Waals surface area contributed by atoms with Crippen molar-refractivity contribution in [2.45, 2.75) is 12.5 Å². The fraction of sp³-hybridized carbons (Fsp3) is 0.364. The number of hydrogen-bond donors (Lipinski definition) is 3. The van der Waals surface area contributed by atoms with E-state index >= 15 is 0 Å². The Balaban J connectivity index is 2.42. The van der Waals surface area contributed by atoms with Crippen molar-refractivity contribution in [1.29, 1.82) is 0 Å². The van der Waals surface area contributed by atoms with Crippen LogP contribution in [-0.2, 0) is 5.60 Å². The smallest absolute Gasteiger partial charge is 0.315 e. The SMILES string of the molecule is C=CCNC(=O)NCC(C)(O)c1cccs1. The highest BCUT2D eigenvalue weighted by Gasteiger charge is 2.24. The van der Waals surface area contributed by atoms with Crippen molar-refractivity contribution in [2.75, 3.05) is 13.1 Å². The molecule has 1 aromatic rings. The van der Waals surface area contributed by atoms with Crippen LogP contribution in [0.4, 0.5) is 4.79 Å². The molecule has 1 rings (SSSR count). The highest BCUT2D eigenvalue weighted by Crippen LogP contribution is 2.24. The van der Waals surface area contributed by atoms with E-state index in [9.17, 15) is 9.90 Å². The van der Waals surface area contributed by atoms with Crippen molar-refractivity contribution in [3.63, 3.8) is 0 Å². The van der Waals surface area contributed by atoms with Crippen LogP contribution in [0.1, 0.15) is 11.8 Å². The molecule has 0 aliphatic carbocycles. The Labute approximate surface area is 99.0 Å². The fourth-order valence-corrected chi connectivity index (χ4v) is 1.94. The summed E-state index contributed by atoms with van der Waals surface area (Å²) in [6, 6.07) is 3.40. The van der Waals surface area contributed by atoms with Crippen LogP contribution in [-0.4, -0.2) is 24.2 Å². The molecule has 1 aromatic heterocycles. The summed E-state index contributed by atoms with van der Waals surface area (Å²) in [4.78, 5) is 12.1. The third-order valence-corrected chi connectivity index (χ3v) is 3.18. The van der Waals surface area contributed by atoms with Gasteiger partial charge in [-0.15, -0.1) is 17.9 Å². The molecule has 2 amide bonds. The molecule has 4 nitrogen and oxygen atoms in total. The summed E-state index contributed by atoms with van der Waals surface area (Å²) in [5.41, 5.74) is -1.03. The molecule has 0 spiro atoms. The van der Waals surface area contributed by atoms with Crippen molar-refractivity contribution in [3.8, 4) is 0 Å². The molecular weight excluding hydrogens is 224 g/mol. The Morgan fingerprint density at radius 1 is 1.69 bits per heavy atom. The van der Waals surface area contributed by atoms with E-state index in [1.807, 2.05) is 17.5 Å². The minimum atomic E-state index is -1.03. The summed E-state index contributed by atoms with van der Waals surface area (Å²) in [5.74, 6) is 0. The van der Waals surface area contributed by atoms with Crippen LogP contribution in [0.15, 0.2) is 30.2 Å². The van der Waals surface area contributed by atoms with Gasteiger partial charge in [0.25, 0.3) is 0 Å². The van der Waals surface area contributed by atoms with Gasteiger partial charge < -0.3 is 15.7 Å². The minimum Gasteiger partial charge on any atom is -0.383 e. The van der Waals surface area contributed by atoms with Crippen LogP contribution in [0.25, 0.3) is 0 Å². The zero-order valence-electron chi connectivity index (χ0n) is 9.19. The summed E-state index contributed by atoms with van der Waals surface area (Å²) in [6.07, 6.45) is 1.59. The lowest BCUT2D eigenvalue weighted by atomic mass is 10.1. The van der Waals surface area contributed by atoms with Gasteiger partial charge >= 0.3 is 6.03 Å². The first-order chi connectivity index (χ1) is 7.56. The van der Waals surface area contributed by atoms with Crippen LogP contribution in [0.3, 0.4) is 0 Å². The van der Waals surface area contributed by atoms with Crippen molar-refractivity contribution >= 4 is 17.4 Å². The third kappa shape index (κ3) is 3.67. The van der Waals surface area contributed by atoms with Crippen LogP contribution in [0, 0.1) is 0 Å². The molecule has 0 fully saturated rings. The molecule has 88 valence electrons. The topological polar surface area (TPSA) is 61.4 Å². The largest absolute Gasteiger partial charge is 0.383 e. The van der Waals surface area contributed by atoms with Gasteiger partial charge in [-0.3, -0.25) is 0 Å². The first kappa shape index (κ1) is 12.7. The van der Waals surface area contributed by atoms with Gasteiger partial charge in [-0.2, -0.15) is 0 Å². The van der Waals surface area contributed by atoms with Crippen LogP contribution < -0.4 is 10.6 Å². The van der Waals surface area contributed by atoms with E-state index in [0.717, 1.165) is 4.88 Å². The molecule has 0 bridgehead atoms. The first-order valence-corrected chi connectivity index (χ1v) is 5.83. The Bertz CT molecular complexity index is 347. The van der Waals surface area contributed by atoms with E-state index in [2.05, 4.69) is 17.2 Å². The number of carbonyl (C=O) groups is 1. The number of hydrogen-bond acceptors (Lipinski definition) is 3. The van der Waals surface area contributed by atoms with Crippen LogP contribution in [0.2, 0.25) is 0 Å². The predicted molar refractivity (Wildman–Crippen MR) is 65.5 cm³/mol. The molecule has 3 N–H and O–H groups in total. The summed E-state index contributed by atoms with van der Waals surface area (Å²) < 4.78 is 0. The number of nitrogens with one attached hydrogen (secondary N) is 2. The van der Waals surface area contributed by atoms with Crippen molar-refractivity contribution in [3.05, 3.63) is 35.0 Å². The monoisotopic (exact) mass is 240 g/mol. The van der Waals surface area contributed by atoms with E-state index < -0.39 is 5.60 Å². The molecule has 5 heteroatoms. The zero-order chi connectivity index (χ0) is 12.0. The molecule has 0 saturated carbocycles. The number of aliphatic hydroxyl groups is 1. The van der Waals surface area contributed by atoms with Gasteiger partial charge in [0, 0.05) is 11.4 Å². The van der Waals surface area contributed by atoms with Gasteiger partial charge in [0.1, 0.15) is 5.60 Å². The van der Waals surface area contributed by atoms with Gasteiger partial charge in [0.2, 0.25) is 0 Å². The molecule has 1 heterocycles. The maximum absolute atomic E-state index is 11.2. The lowest BCUT2D eigenvalue weighted by Crippen LogP contribution is -2.43. The summed E-state index contributed by atoms with van der Waals surface area (Å²) in [5, 5.41) is 17.2. The number of thiophene rings is 1. The zero-order valence-corrected chi connectivity index (χ0v) is 10.0. The fourth-order valence-electron chi connectivity index (χ4n) is 1.15. The van der Waals surface area contributed by atoms with Crippen molar-refractivity contribution in [2.24, 2.45) is 0 Å². The Kier molecular flexibility index (Phi) is 4.52. The number of urea groups is 1. The van der Waals surface area contributed by atoms with E-state index in [-0.39, 0.29) is 12.6 Å². The van der Waals surface area contributed by atoms with Gasteiger partial charge in [-0.05, 0) is 18.4 Å². The average Bonchev–Trinajstić information content (AvgIpc) is 2.77. The van der Waals surface area contributed by atoms with Gasteiger partial charge in [-0.25, -0.2) is 4.79 Å². The van der Waals surface area contributed by atoms with Gasteiger partial charge in [0.05, 0.1) is 6.54 Å². The minimum absolute atomic E-state index is 0.177. The molecule has 16 heavy (non-hydrogen) atoms. The van der Waals surface area contributed by atoms with Crippen LogP contribution >= 0.6 is 11.3 Å². The average molecular weight is 240 g/mol. The number of amides is 2. The van der Waals surface area contributed by atoms with Gasteiger partial charge in [0.15, 0.2) is 0 Å². The highest BCUT2D eigenvalue weighted by molar-refractivity contribution is 7.10. The third-order valence-electron chi connectivity index (χ3n) is 2.05. The number of rotatable bonds is 5. The second-order valence-electron chi connectivity index (χ2n) is 3.60. The van der Waals surface area contributed by atoms with Crippen LogP contribution in [0.5, 0.6) is 0 Å². The lowest BCUT2D eigenvalue weighted by Gasteiger charge is -2.22. The molecule has 0 aliphatic heterocycles. The quantitative estimate of drug-likeness (QED) is 0.682. The maximum atomic E-state index is 11.2. The highest BCUT2D eigenvalue weighted by atomic mass is 32.1. The molecule has 0 aliphatic rings. The molecule has 0 radical (unpaired) electrons. The van der Waals surface area contributed by atoms with E-state index in [4.69, 9.17) is 0 Å². The van der Waals surface area contributed by atoms with E-state index in [1.165, 1.54) is 11.3 Å². The van der Waals surface area contributed by atoms with Crippen molar-refractivity contribution < 1.29 is 9.90 Å². The molecule has 1 unspecified atom stereocenters.